The monoisotopic (exact) mass is 716 g/mol. The lowest BCUT2D eigenvalue weighted by molar-refractivity contribution is 0.620. The summed E-state index contributed by atoms with van der Waals surface area (Å²) in [5.41, 5.74) is 15.3. The molecule has 1 aromatic heterocycles. The molecule has 1 heterocycles. The highest BCUT2D eigenvalue weighted by atomic mass is 16.3. The van der Waals surface area contributed by atoms with Gasteiger partial charge in [-0.1, -0.05) is 164 Å². The first-order chi connectivity index (χ1) is 27.7. The van der Waals surface area contributed by atoms with Crippen LogP contribution in [0, 0.1) is 0 Å². The smallest absolute Gasteiger partial charge is 0.227 e. The van der Waals surface area contributed by atoms with E-state index in [1.165, 1.54) is 22.3 Å². The van der Waals surface area contributed by atoms with Gasteiger partial charge in [0.05, 0.1) is 0 Å². The van der Waals surface area contributed by atoms with Gasteiger partial charge < -0.3 is 9.32 Å². The predicted octanol–water partition coefficient (Wildman–Crippen LogP) is 14.8. The number of fused-ring (bicyclic) bond motifs is 3. The molecule has 56 heavy (non-hydrogen) atoms. The molecule has 0 aliphatic heterocycles. The van der Waals surface area contributed by atoms with E-state index in [9.17, 15) is 0 Å². The van der Waals surface area contributed by atoms with Gasteiger partial charge in [0.15, 0.2) is 5.58 Å². The highest BCUT2D eigenvalue weighted by molar-refractivity contribution is 6.11. The SMILES string of the molecule is c1ccc(-c2ccc(N(c3ccc(-c4ccccc4)cc3)c3ccc(-c4ccc(-c5cccc6ccc7oc(-c8ccccc8)nc7c56)cc4)cc3)cc2)cc1. The number of oxazole rings is 1. The Balaban J connectivity index is 0.974. The third-order valence-electron chi connectivity index (χ3n) is 10.5. The van der Waals surface area contributed by atoms with Gasteiger partial charge in [-0.2, -0.15) is 0 Å². The van der Waals surface area contributed by atoms with Crippen LogP contribution in [0.2, 0.25) is 0 Å². The van der Waals surface area contributed by atoms with Crippen molar-refractivity contribution in [1.29, 1.82) is 0 Å². The molecule has 0 aliphatic rings. The Labute approximate surface area is 326 Å². The first-order valence-corrected chi connectivity index (χ1v) is 18.9. The summed E-state index contributed by atoms with van der Waals surface area (Å²) < 4.78 is 6.25. The fourth-order valence-electron chi connectivity index (χ4n) is 7.67. The Kier molecular flexibility index (Phi) is 8.51. The minimum atomic E-state index is 0.633. The lowest BCUT2D eigenvalue weighted by atomic mass is 9.95. The minimum Gasteiger partial charge on any atom is -0.436 e. The van der Waals surface area contributed by atoms with Crippen molar-refractivity contribution in [1.82, 2.24) is 4.98 Å². The summed E-state index contributed by atoms with van der Waals surface area (Å²) in [6, 6.07) is 77.1. The van der Waals surface area contributed by atoms with Crippen LogP contribution in [0.3, 0.4) is 0 Å². The number of hydrogen-bond acceptors (Lipinski definition) is 3. The van der Waals surface area contributed by atoms with Crippen LogP contribution in [-0.4, -0.2) is 4.98 Å². The van der Waals surface area contributed by atoms with Crippen molar-refractivity contribution in [2.75, 3.05) is 4.90 Å². The van der Waals surface area contributed by atoms with Crippen molar-refractivity contribution >= 4 is 38.9 Å². The zero-order valence-electron chi connectivity index (χ0n) is 30.6. The molecule has 0 amide bonds. The Morgan fingerprint density at radius 2 is 0.732 bits per heavy atom. The van der Waals surface area contributed by atoms with E-state index in [-0.39, 0.29) is 0 Å². The maximum absolute atomic E-state index is 6.25. The molecule has 0 aliphatic carbocycles. The van der Waals surface area contributed by atoms with E-state index < -0.39 is 0 Å². The van der Waals surface area contributed by atoms with Crippen LogP contribution in [0.4, 0.5) is 17.1 Å². The molecule has 0 bridgehead atoms. The number of hydrogen-bond donors (Lipinski definition) is 0. The standard InChI is InChI=1S/C53H36N2O/c1-4-11-37(12-5-1)40-23-30-46(31-24-40)55(47-32-25-41(26-33-47)38-13-6-2-7-14-38)48-34-27-42(28-35-48)39-19-21-43(22-20-39)49-18-10-17-44-29-36-50-52(51(44)49)54-53(56-50)45-15-8-3-9-16-45/h1-36H. The molecule has 3 nitrogen and oxygen atoms in total. The fourth-order valence-corrected chi connectivity index (χ4v) is 7.67. The van der Waals surface area contributed by atoms with Crippen molar-refractivity contribution in [3.05, 3.63) is 218 Å². The van der Waals surface area contributed by atoms with Gasteiger partial charge in [0.1, 0.15) is 5.52 Å². The van der Waals surface area contributed by atoms with Gasteiger partial charge in [0.2, 0.25) is 5.89 Å². The molecule has 0 saturated carbocycles. The van der Waals surface area contributed by atoms with Gasteiger partial charge in [0, 0.05) is 28.0 Å². The Morgan fingerprint density at radius 3 is 1.21 bits per heavy atom. The lowest BCUT2D eigenvalue weighted by Crippen LogP contribution is -2.09. The van der Waals surface area contributed by atoms with Crippen LogP contribution in [0.15, 0.2) is 223 Å². The third kappa shape index (κ3) is 6.31. The zero-order valence-corrected chi connectivity index (χ0v) is 30.6. The summed E-state index contributed by atoms with van der Waals surface area (Å²) in [6.07, 6.45) is 0. The molecule has 0 spiro atoms. The topological polar surface area (TPSA) is 29.3 Å². The van der Waals surface area contributed by atoms with E-state index in [0.717, 1.165) is 66.8 Å². The molecular weight excluding hydrogens is 681 g/mol. The Hall–Kier alpha value is -7.49. The van der Waals surface area contributed by atoms with Crippen molar-refractivity contribution in [3.8, 4) is 56.0 Å². The minimum absolute atomic E-state index is 0.633. The molecular formula is C53H36N2O. The summed E-state index contributed by atoms with van der Waals surface area (Å²) in [6.45, 7) is 0. The van der Waals surface area contributed by atoms with E-state index >= 15 is 0 Å². The largest absolute Gasteiger partial charge is 0.436 e. The van der Waals surface area contributed by atoms with Gasteiger partial charge in [-0.25, -0.2) is 4.98 Å². The molecule has 0 radical (unpaired) electrons. The second-order valence-electron chi connectivity index (χ2n) is 14.0. The average Bonchev–Trinajstić information content (AvgIpc) is 3.73. The summed E-state index contributed by atoms with van der Waals surface area (Å²) in [7, 11) is 0. The molecule has 0 fully saturated rings. The number of benzene rings is 9. The number of nitrogens with zero attached hydrogens (tertiary/aromatic N) is 2. The van der Waals surface area contributed by atoms with Crippen molar-refractivity contribution in [2.24, 2.45) is 0 Å². The number of aromatic nitrogens is 1. The molecule has 0 saturated heterocycles. The summed E-state index contributed by atoms with van der Waals surface area (Å²) in [4.78, 5) is 7.32. The van der Waals surface area contributed by atoms with E-state index in [0.29, 0.717) is 5.89 Å². The first kappa shape index (κ1) is 33.1. The summed E-state index contributed by atoms with van der Waals surface area (Å²) in [5, 5.41) is 2.23. The van der Waals surface area contributed by atoms with Gasteiger partial charge in [-0.05, 0) is 104 Å². The molecule has 0 N–H and O–H groups in total. The first-order valence-electron chi connectivity index (χ1n) is 18.9. The van der Waals surface area contributed by atoms with Gasteiger partial charge >= 0.3 is 0 Å². The van der Waals surface area contributed by atoms with Crippen molar-refractivity contribution in [3.63, 3.8) is 0 Å². The molecule has 3 heteroatoms. The van der Waals surface area contributed by atoms with Crippen LogP contribution in [0.1, 0.15) is 0 Å². The van der Waals surface area contributed by atoms with Gasteiger partial charge in [0.25, 0.3) is 0 Å². The van der Waals surface area contributed by atoms with Crippen LogP contribution in [0.25, 0.3) is 77.8 Å². The van der Waals surface area contributed by atoms with E-state index in [2.05, 4.69) is 187 Å². The van der Waals surface area contributed by atoms with Crippen molar-refractivity contribution < 1.29 is 4.42 Å². The van der Waals surface area contributed by atoms with Crippen LogP contribution >= 0.6 is 0 Å². The maximum atomic E-state index is 6.25. The van der Waals surface area contributed by atoms with E-state index in [4.69, 9.17) is 9.40 Å². The third-order valence-corrected chi connectivity index (χ3v) is 10.5. The molecule has 0 unspecified atom stereocenters. The summed E-state index contributed by atoms with van der Waals surface area (Å²) >= 11 is 0. The molecule has 264 valence electrons. The van der Waals surface area contributed by atoms with Crippen LogP contribution in [-0.2, 0) is 0 Å². The van der Waals surface area contributed by atoms with Crippen molar-refractivity contribution in [2.45, 2.75) is 0 Å². The molecule has 10 aromatic rings. The Bertz CT molecular complexity index is 2820. The highest BCUT2D eigenvalue weighted by Gasteiger charge is 2.16. The predicted molar refractivity (Wildman–Crippen MR) is 233 cm³/mol. The number of anilines is 3. The van der Waals surface area contributed by atoms with E-state index in [1.54, 1.807) is 0 Å². The van der Waals surface area contributed by atoms with Crippen LogP contribution in [0.5, 0.6) is 0 Å². The quantitative estimate of drug-likeness (QED) is 0.157. The second-order valence-corrected chi connectivity index (χ2v) is 14.0. The zero-order chi connectivity index (χ0) is 37.3. The maximum Gasteiger partial charge on any atom is 0.227 e. The molecule has 9 aromatic carbocycles. The number of rotatable bonds is 8. The highest BCUT2D eigenvalue weighted by Crippen LogP contribution is 2.39. The van der Waals surface area contributed by atoms with Crippen LogP contribution < -0.4 is 4.90 Å². The lowest BCUT2D eigenvalue weighted by Gasteiger charge is -2.26. The molecule has 10 rings (SSSR count). The second kappa shape index (κ2) is 14.4. The van der Waals surface area contributed by atoms with Gasteiger partial charge in [-0.15, -0.1) is 0 Å². The van der Waals surface area contributed by atoms with E-state index in [1.807, 2.05) is 36.4 Å². The normalized spacial score (nSPS) is 11.2. The fraction of sp³-hybridized carbons (Fsp3) is 0. The van der Waals surface area contributed by atoms with Gasteiger partial charge in [-0.3, -0.25) is 0 Å². The summed E-state index contributed by atoms with van der Waals surface area (Å²) in [5.74, 6) is 0.633. The average molecular weight is 717 g/mol. The Morgan fingerprint density at radius 1 is 0.321 bits per heavy atom. The molecule has 0 atom stereocenters.